The van der Waals surface area contributed by atoms with Crippen molar-refractivity contribution in [2.24, 2.45) is 0 Å². The molecule has 3 heterocycles. The first kappa shape index (κ1) is 17.3. The Labute approximate surface area is 154 Å². The third-order valence-corrected chi connectivity index (χ3v) is 5.80. The number of hydrogen-bond acceptors (Lipinski definition) is 5. The first-order valence-corrected chi connectivity index (χ1v) is 9.79. The molecule has 1 unspecified atom stereocenters. The Morgan fingerprint density at radius 3 is 2.73 bits per heavy atom. The van der Waals surface area contributed by atoms with E-state index in [4.69, 9.17) is 4.42 Å². The fourth-order valence-corrected chi connectivity index (χ4v) is 4.10. The Morgan fingerprint density at radius 2 is 1.96 bits per heavy atom. The number of rotatable bonds is 4. The topological polar surface area (TPSA) is 52.8 Å². The van der Waals surface area contributed by atoms with E-state index in [1.165, 1.54) is 25.8 Å². The van der Waals surface area contributed by atoms with Crippen LogP contribution in [0, 0.1) is 0 Å². The van der Waals surface area contributed by atoms with Crippen LogP contribution in [0.4, 0.5) is 6.01 Å². The molecule has 140 valence electrons. The highest BCUT2D eigenvalue weighted by Crippen LogP contribution is 2.23. The van der Waals surface area contributed by atoms with Crippen LogP contribution in [0.5, 0.6) is 0 Å². The van der Waals surface area contributed by atoms with Crippen molar-refractivity contribution in [1.82, 2.24) is 14.8 Å². The number of anilines is 1. The van der Waals surface area contributed by atoms with Gasteiger partial charge in [0.1, 0.15) is 5.52 Å². The number of carbonyl (C=O) groups is 1. The SMILES string of the molecule is CN1CCCCC1CCC(=O)N1CCN(c2nc3ccccc3o2)CC1. The van der Waals surface area contributed by atoms with Gasteiger partial charge in [0.05, 0.1) is 0 Å². The predicted molar refractivity (Wildman–Crippen MR) is 102 cm³/mol. The number of carbonyl (C=O) groups excluding carboxylic acids is 1. The van der Waals surface area contributed by atoms with E-state index in [0.29, 0.717) is 24.4 Å². The van der Waals surface area contributed by atoms with Crippen LogP contribution in [-0.4, -0.2) is 66.5 Å². The molecule has 26 heavy (non-hydrogen) atoms. The number of aromatic nitrogens is 1. The van der Waals surface area contributed by atoms with Gasteiger partial charge in [0.2, 0.25) is 5.91 Å². The zero-order valence-electron chi connectivity index (χ0n) is 15.6. The maximum Gasteiger partial charge on any atom is 0.298 e. The zero-order valence-corrected chi connectivity index (χ0v) is 15.6. The van der Waals surface area contributed by atoms with Crippen LogP contribution < -0.4 is 4.90 Å². The molecule has 0 spiro atoms. The second kappa shape index (κ2) is 7.66. The lowest BCUT2D eigenvalue weighted by Gasteiger charge is -2.35. The van der Waals surface area contributed by atoms with Crippen molar-refractivity contribution in [2.45, 2.75) is 38.1 Å². The van der Waals surface area contributed by atoms with Crippen LogP contribution in [0.15, 0.2) is 28.7 Å². The summed E-state index contributed by atoms with van der Waals surface area (Å²) in [6, 6.07) is 9.07. The summed E-state index contributed by atoms with van der Waals surface area (Å²) in [6.07, 6.45) is 5.47. The summed E-state index contributed by atoms with van der Waals surface area (Å²) in [5.41, 5.74) is 1.70. The second-order valence-electron chi connectivity index (χ2n) is 7.50. The number of para-hydroxylation sites is 2. The smallest absolute Gasteiger partial charge is 0.298 e. The van der Waals surface area contributed by atoms with Gasteiger partial charge in [-0.3, -0.25) is 4.79 Å². The molecular formula is C20H28N4O2. The maximum atomic E-state index is 12.6. The monoisotopic (exact) mass is 356 g/mol. The van der Waals surface area contributed by atoms with Crippen LogP contribution >= 0.6 is 0 Å². The van der Waals surface area contributed by atoms with Gasteiger partial charge >= 0.3 is 0 Å². The quantitative estimate of drug-likeness (QED) is 0.843. The van der Waals surface area contributed by atoms with Gasteiger partial charge in [0, 0.05) is 38.6 Å². The highest BCUT2D eigenvalue weighted by Gasteiger charge is 2.25. The molecule has 0 aliphatic carbocycles. The molecule has 0 bridgehead atoms. The lowest BCUT2D eigenvalue weighted by atomic mass is 9.98. The van der Waals surface area contributed by atoms with Gasteiger partial charge in [-0.15, -0.1) is 0 Å². The molecule has 6 heteroatoms. The first-order chi connectivity index (χ1) is 12.7. The molecule has 2 aliphatic heterocycles. The molecule has 0 N–H and O–H groups in total. The number of piperidine rings is 1. The van der Waals surface area contributed by atoms with Gasteiger partial charge < -0.3 is 19.1 Å². The minimum absolute atomic E-state index is 0.293. The van der Waals surface area contributed by atoms with Crippen LogP contribution in [0.25, 0.3) is 11.1 Å². The first-order valence-electron chi connectivity index (χ1n) is 9.79. The van der Waals surface area contributed by atoms with E-state index in [2.05, 4.69) is 21.8 Å². The number of amides is 1. The number of hydrogen-bond donors (Lipinski definition) is 0. The zero-order chi connectivity index (χ0) is 17.9. The molecule has 1 aromatic carbocycles. The third kappa shape index (κ3) is 3.70. The largest absolute Gasteiger partial charge is 0.423 e. The van der Waals surface area contributed by atoms with Gasteiger partial charge in [0.15, 0.2) is 5.58 Å². The normalized spacial score (nSPS) is 22.1. The fraction of sp³-hybridized carbons (Fsp3) is 0.600. The number of likely N-dealkylation sites (tertiary alicyclic amines) is 1. The summed E-state index contributed by atoms with van der Waals surface area (Å²) in [7, 11) is 2.19. The van der Waals surface area contributed by atoms with E-state index >= 15 is 0 Å². The highest BCUT2D eigenvalue weighted by atomic mass is 16.4. The van der Waals surface area contributed by atoms with E-state index in [9.17, 15) is 4.79 Å². The molecule has 1 amide bonds. The van der Waals surface area contributed by atoms with Crippen molar-refractivity contribution < 1.29 is 9.21 Å². The highest BCUT2D eigenvalue weighted by molar-refractivity contribution is 5.77. The second-order valence-corrected chi connectivity index (χ2v) is 7.50. The van der Waals surface area contributed by atoms with Crippen molar-refractivity contribution in [2.75, 3.05) is 44.7 Å². The summed E-state index contributed by atoms with van der Waals surface area (Å²) >= 11 is 0. The molecule has 0 radical (unpaired) electrons. The lowest BCUT2D eigenvalue weighted by molar-refractivity contribution is -0.131. The average Bonchev–Trinajstić information content (AvgIpc) is 3.11. The minimum atomic E-state index is 0.293. The Bertz CT molecular complexity index is 718. The number of fused-ring (bicyclic) bond motifs is 1. The van der Waals surface area contributed by atoms with Crippen molar-refractivity contribution in [1.29, 1.82) is 0 Å². The van der Waals surface area contributed by atoms with Gasteiger partial charge in [-0.1, -0.05) is 18.6 Å². The van der Waals surface area contributed by atoms with Gasteiger partial charge in [0.25, 0.3) is 6.01 Å². The molecule has 4 rings (SSSR count). The third-order valence-electron chi connectivity index (χ3n) is 5.80. The Morgan fingerprint density at radius 1 is 1.15 bits per heavy atom. The van der Waals surface area contributed by atoms with Crippen molar-refractivity contribution in [3.05, 3.63) is 24.3 Å². The minimum Gasteiger partial charge on any atom is -0.423 e. The summed E-state index contributed by atoms with van der Waals surface area (Å²) in [6.45, 7) is 4.22. The Balaban J connectivity index is 1.28. The molecule has 1 atom stereocenters. The Kier molecular flexibility index (Phi) is 5.11. The predicted octanol–water partition coefficient (Wildman–Crippen LogP) is 2.74. The molecule has 2 fully saturated rings. The Hall–Kier alpha value is -2.08. The number of oxazole rings is 1. The summed E-state index contributed by atoms with van der Waals surface area (Å²) < 4.78 is 5.85. The van der Waals surface area contributed by atoms with E-state index in [-0.39, 0.29) is 0 Å². The van der Waals surface area contributed by atoms with Crippen LogP contribution in [0.2, 0.25) is 0 Å². The van der Waals surface area contributed by atoms with Crippen LogP contribution in [0.1, 0.15) is 32.1 Å². The van der Waals surface area contributed by atoms with E-state index < -0.39 is 0 Å². The van der Waals surface area contributed by atoms with Gasteiger partial charge in [-0.25, -0.2) is 0 Å². The molecule has 6 nitrogen and oxygen atoms in total. The lowest BCUT2D eigenvalue weighted by Crippen LogP contribution is -2.49. The molecule has 2 aromatic rings. The van der Waals surface area contributed by atoms with E-state index in [0.717, 1.165) is 43.7 Å². The van der Waals surface area contributed by atoms with Crippen molar-refractivity contribution in [3.63, 3.8) is 0 Å². The van der Waals surface area contributed by atoms with Crippen LogP contribution in [0.3, 0.4) is 0 Å². The van der Waals surface area contributed by atoms with Crippen LogP contribution in [-0.2, 0) is 4.79 Å². The standard InChI is InChI=1S/C20H28N4O2/c1-22-11-5-4-6-16(22)9-10-19(25)23-12-14-24(15-13-23)20-21-17-7-2-3-8-18(17)26-20/h2-3,7-8,16H,4-6,9-15H2,1H3. The average molecular weight is 356 g/mol. The van der Waals surface area contributed by atoms with E-state index in [1.807, 2.05) is 29.2 Å². The molecule has 2 saturated heterocycles. The summed E-state index contributed by atoms with van der Waals surface area (Å²) in [4.78, 5) is 23.7. The van der Waals surface area contributed by atoms with Crippen molar-refractivity contribution >= 4 is 23.0 Å². The number of nitrogens with zero attached hydrogens (tertiary/aromatic N) is 4. The summed E-state index contributed by atoms with van der Waals surface area (Å²) in [5.74, 6) is 0.293. The molecule has 2 aliphatic rings. The van der Waals surface area contributed by atoms with Gasteiger partial charge in [-0.2, -0.15) is 4.98 Å². The fourth-order valence-electron chi connectivity index (χ4n) is 4.10. The maximum absolute atomic E-state index is 12.6. The van der Waals surface area contributed by atoms with Crippen molar-refractivity contribution in [3.8, 4) is 0 Å². The molecule has 1 aromatic heterocycles. The molecular weight excluding hydrogens is 328 g/mol. The van der Waals surface area contributed by atoms with Gasteiger partial charge in [-0.05, 0) is 45.0 Å². The van der Waals surface area contributed by atoms with E-state index in [1.54, 1.807) is 0 Å². The molecule has 0 saturated carbocycles. The number of benzene rings is 1. The number of piperazine rings is 1. The summed E-state index contributed by atoms with van der Waals surface area (Å²) in [5, 5.41) is 0.